The van der Waals surface area contributed by atoms with Crippen LogP contribution in [0, 0.1) is 29.6 Å². The molecule has 0 saturated heterocycles. The van der Waals surface area contributed by atoms with Gasteiger partial charge in [-0.05, 0) is 126 Å². The zero-order chi connectivity index (χ0) is 42.2. The number of unbranched alkanes of at least 4 members (excludes halogenated alkanes) is 2. The van der Waals surface area contributed by atoms with E-state index in [0.29, 0.717) is 90.1 Å². The monoisotopic (exact) mass is 810 g/mol. The number of primary amides is 1. The summed E-state index contributed by atoms with van der Waals surface area (Å²) in [5.41, 5.74) is 17.7. The molecule has 3 aliphatic rings. The first-order chi connectivity index (χ1) is 27.8. The minimum atomic E-state index is -0.917. The van der Waals surface area contributed by atoms with Crippen LogP contribution in [0.5, 0.6) is 5.75 Å². The first-order valence-electron chi connectivity index (χ1n) is 21.5. The van der Waals surface area contributed by atoms with Crippen LogP contribution in [-0.4, -0.2) is 83.5 Å². The molecular weight excluding hydrogens is 743 g/mol. The number of Topliss-reactive ketones (excluding diaryl/α,β-unsaturated/α-hetero) is 2. The summed E-state index contributed by atoms with van der Waals surface area (Å²) < 4.78 is 0. The molecule has 0 heterocycles. The topological polar surface area (TPSA) is 266 Å². The molecule has 1 aromatic carbocycles. The average Bonchev–Trinajstić information content (AvgIpc) is 3.96. The minimum Gasteiger partial charge on any atom is -0.508 e. The van der Waals surface area contributed by atoms with E-state index in [2.05, 4.69) is 21.3 Å². The van der Waals surface area contributed by atoms with Crippen LogP contribution in [0.1, 0.15) is 122 Å². The zero-order valence-electron chi connectivity index (χ0n) is 34.2. The Balaban J connectivity index is 1.44. The van der Waals surface area contributed by atoms with Gasteiger partial charge in [0.25, 0.3) is 0 Å². The highest BCUT2D eigenvalue weighted by Gasteiger charge is 2.41. The number of hydrogen-bond acceptors (Lipinski definition) is 10. The van der Waals surface area contributed by atoms with Gasteiger partial charge in [-0.25, -0.2) is 0 Å². The number of benzene rings is 1. The fourth-order valence-corrected chi connectivity index (χ4v) is 9.30. The molecule has 3 fully saturated rings. The zero-order valence-corrected chi connectivity index (χ0v) is 34.2. The highest BCUT2D eigenvalue weighted by Crippen LogP contribution is 2.37. The van der Waals surface area contributed by atoms with E-state index in [1.165, 1.54) is 19.1 Å². The molecule has 0 aliphatic heterocycles. The van der Waals surface area contributed by atoms with Gasteiger partial charge in [-0.3, -0.25) is 33.6 Å². The SMILES string of the molecule is CC(=O)N[C@H]1CCC[C@@H]1C(=O)N[C@@H](CCCCN)C(=O)C[C@H]1CCC[C@@H]1C(=O)N[C@@H](Cc1ccc(O)cc1)C(=O)C[C@H]1CCC[C@@H]1C(=O)N[C@@H](CCCCN)C(N)=O. The summed E-state index contributed by atoms with van der Waals surface area (Å²) in [5.74, 6) is -4.00. The van der Waals surface area contributed by atoms with Crippen molar-refractivity contribution in [3.05, 3.63) is 29.8 Å². The van der Waals surface area contributed by atoms with Crippen LogP contribution in [-0.2, 0) is 40.0 Å². The van der Waals surface area contributed by atoms with E-state index in [1.807, 2.05) is 0 Å². The number of hydrogen-bond donors (Lipinski definition) is 8. The van der Waals surface area contributed by atoms with Crippen molar-refractivity contribution in [2.45, 2.75) is 147 Å². The summed E-state index contributed by atoms with van der Waals surface area (Å²) in [6, 6.07) is 3.67. The first kappa shape index (κ1) is 46.3. The largest absolute Gasteiger partial charge is 0.508 e. The first-order valence-corrected chi connectivity index (χ1v) is 21.5. The van der Waals surface area contributed by atoms with Crippen molar-refractivity contribution >= 4 is 41.1 Å². The van der Waals surface area contributed by atoms with E-state index >= 15 is 0 Å². The Hall–Kier alpha value is -4.37. The third kappa shape index (κ3) is 13.9. The molecule has 0 spiro atoms. The van der Waals surface area contributed by atoms with Crippen molar-refractivity contribution in [3.8, 4) is 5.75 Å². The van der Waals surface area contributed by atoms with Gasteiger partial charge in [-0.15, -0.1) is 0 Å². The molecule has 0 radical (unpaired) electrons. The molecule has 0 aromatic heterocycles. The average molecular weight is 810 g/mol. The van der Waals surface area contributed by atoms with Crippen LogP contribution in [0.25, 0.3) is 0 Å². The lowest BCUT2D eigenvalue weighted by Crippen LogP contribution is -2.49. The van der Waals surface area contributed by atoms with Crippen LogP contribution in [0.4, 0.5) is 0 Å². The molecule has 1 aromatic rings. The molecule has 322 valence electrons. The van der Waals surface area contributed by atoms with Gasteiger partial charge in [0.2, 0.25) is 29.5 Å². The Bertz CT molecular complexity index is 1570. The van der Waals surface area contributed by atoms with E-state index < -0.39 is 41.8 Å². The van der Waals surface area contributed by atoms with Crippen molar-refractivity contribution in [3.63, 3.8) is 0 Å². The van der Waals surface area contributed by atoms with Gasteiger partial charge in [0.15, 0.2) is 11.6 Å². The van der Waals surface area contributed by atoms with E-state index in [4.69, 9.17) is 17.2 Å². The summed E-state index contributed by atoms with van der Waals surface area (Å²) in [5, 5.41) is 21.6. The Morgan fingerprint density at radius 1 is 0.638 bits per heavy atom. The van der Waals surface area contributed by atoms with Crippen LogP contribution in [0.15, 0.2) is 24.3 Å². The standard InChI is InChI=1S/C43H67N7O8/c1-26(51)47-34-16-8-13-33(34)43(58)48-35(14-2-4-21-44)38(53)24-28-9-6-12-32(28)42(57)50-37(23-27-17-19-30(52)20-18-27)39(54)25-29-10-7-11-31(29)41(56)49-36(40(46)55)15-3-5-22-45/h17-20,28-29,31-37,52H,2-16,21-25,44-45H2,1H3,(H2,46,55)(H,47,51)(H,48,58)(H,49,56)(H,50,57)/t28-,29-,31+,32+,33+,34+,35+,36+,37+/m1/s1. The molecule has 15 heteroatoms. The highest BCUT2D eigenvalue weighted by atomic mass is 16.3. The Morgan fingerprint density at radius 2 is 1.10 bits per heavy atom. The number of amides is 5. The van der Waals surface area contributed by atoms with Crippen molar-refractivity contribution in [2.24, 2.45) is 46.8 Å². The molecule has 15 nitrogen and oxygen atoms in total. The van der Waals surface area contributed by atoms with E-state index in [-0.39, 0.29) is 78.1 Å². The molecular formula is C43H67N7O8. The Kier molecular flexibility index (Phi) is 18.6. The maximum Gasteiger partial charge on any atom is 0.239 e. The maximum atomic E-state index is 14.2. The fourth-order valence-electron chi connectivity index (χ4n) is 9.30. The maximum absolute atomic E-state index is 14.2. The Labute approximate surface area is 342 Å². The number of carbonyl (C=O) groups excluding carboxylic acids is 7. The molecule has 0 unspecified atom stereocenters. The lowest BCUT2D eigenvalue weighted by atomic mass is 9.85. The van der Waals surface area contributed by atoms with Crippen molar-refractivity contribution in [1.29, 1.82) is 0 Å². The summed E-state index contributed by atoms with van der Waals surface area (Å²) in [7, 11) is 0. The highest BCUT2D eigenvalue weighted by molar-refractivity contribution is 5.93. The van der Waals surface area contributed by atoms with Crippen LogP contribution in [0.3, 0.4) is 0 Å². The minimum absolute atomic E-state index is 0.0517. The van der Waals surface area contributed by atoms with Crippen LogP contribution < -0.4 is 38.5 Å². The van der Waals surface area contributed by atoms with E-state index in [0.717, 1.165) is 24.8 Å². The fraction of sp³-hybridized carbons (Fsp3) is 0.698. The normalized spacial score (nSPS) is 24.3. The Morgan fingerprint density at radius 3 is 1.64 bits per heavy atom. The van der Waals surface area contributed by atoms with Gasteiger partial charge in [-0.1, -0.05) is 31.4 Å². The lowest BCUT2D eigenvalue weighted by Gasteiger charge is -2.27. The van der Waals surface area contributed by atoms with Crippen LogP contribution >= 0.6 is 0 Å². The van der Waals surface area contributed by atoms with Gasteiger partial charge in [0, 0.05) is 37.6 Å². The molecule has 0 bridgehead atoms. The number of ketones is 2. The summed E-state index contributed by atoms with van der Waals surface area (Å²) in [6.07, 6.45) is 9.78. The van der Waals surface area contributed by atoms with E-state index in [1.54, 1.807) is 12.1 Å². The second kappa shape index (κ2) is 23.3. The van der Waals surface area contributed by atoms with Crippen LogP contribution in [0.2, 0.25) is 0 Å². The molecule has 11 N–H and O–H groups in total. The van der Waals surface area contributed by atoms with E-state index in [9.17, 15) is 38.7 Å². The van der Waals surface area contributed by atoms with Crippen molar-refractivity contribution in [1.82, 2.24) is 21.3 Å². The van der Waals surface area contributed by atoms with Gasteiger partial charge in [-0.2, -0.15) is 0 Å². The second-order valence-electron chi connectivity index (χ2n) is 16.8. The molecule has 3 saturated carbocycles. The number of nitrogens with one attached hydrogen (secondary N) is 4. The van der Waals surface area contributed by atoms with Gasteiger partial charge >= 0.3 is 0 Å². The quantitative estimate of drug-likeness (QED) is 0.0706. The molecule has 9 atom stereocenters. The number of aromatic hydroxyl groups is 1. The summed E-state index contributed by atoms with van der Waals surface area (Å²) in [4.78, 5) is 93.0. The molecule has 3 aliphatic carbocycles. The van der Waals surface area contributed by atoms with Gasteiger partial charge in [0.05, 0.1) is 18.0 Å². The van der Waals surface area contributed by atoms with Gasteiger partial charge in [0.1, 0.15) is 11.8 Å². The molecule has 5 amide bonds. The number of phenolic OH excluding ortho intramolecular Hbond substituents is 1. The van der Waals surface area contributed by atoms with Gasteiger partial charge < -0.3 is 43.6 Å². The summed E-state index contributed by atoms with van der Waals surface area (Å²) >= 11 is 0. The van der Waals surface area contributed by atoms with Crippen molar-refractivity contribution < 1.29 is 38.7 Å². The predicted molar refractivity (Wildman–Crippen MR) is 218 cm³/mol. The number of carbonyl (C=O) groups is 7. The molecule has 4 rings (SSSR count). The number of nitrogens with two attached hydrogens (primary N) is 3. The summed E-state index contributed by atoms with van der Waals surface area (Å²) in [6.45, 7) is 2.35. The number of phenols is 1. The predicted octanol–water partition coefficient (Wildman–Crippen LogP) is 2.19. The molecule has 58 heavy (non-hydrogen) atoms. The third-order valence-corrected chi connectivity index (χ3v) is 12.5. The number of rotatable bonds is 24. The second-order valence-corrected chi connectivity index (χ2v) is 16.8. The van der Waals surface area contributed by atoms with Crippen molar-refractivity contribution in [2.75, 3.05) is 13.1 Å². The smallest absolute Gasteiger partial charge is 0.239 e. The lowest BCUT2D eigenvalue weighted by molar-refractivity contribution is -0.134. The third-order valence-electron chi connectivity index (χ3n) is 12.5.